The quantitative estimate of drug-likeness (QED) is 0.847. The van der Waals surface area contributed by atoms with Crippen molar-refractivity contribution >= 4 is 17.5 Å². The van der Waals surface area contributed by atoms with Crippen molar-refractivity contribution in [1.82, 2.24) is 10.2 Å². The van der Waals surface area contributed by atoms with Crippen LogP contribution in [0, 0.1) is 5.41 Å². The van der Waals surface area contributed by atoms with Crippen molar-refractivity contribution in [3.05, 3.63) is 29.8 Å². The van der Waals surface area contributed by atoms with Crippen molar-refractivity contribution in [3.63, 3.8) is 0 Å². The van der Waals surface area contributed by atoms with Gasteiger partial charge in [-0.15, -0.1) is 0 Å². The van der Waals surface area contributed by atoms with Crippen LogP contribution in [0.1, 0.15) is 50.5 Å². The molecule has 1 N–H and O–H groups in total. The second-order valence-corrected chi connectivity index (χ2v) is 8.24. The van der Waals surface area contributed by atoms with Gasteiger partial charge >= 0.3 is 0 Å². The van der Waals surface area contributed by atoms with Crippen LogP contribution in [0.3, 0.4) is 0 Å². The van der Waals surface area contributed by atoms with Crippen LogP contribution in [-0.2, 0) is 9.59 Å². The fraction of sp³-hybridized carbons (Fsp3) is 0.619. The average molecular weight is 355 g/mol. The molecule has 5 nitrogen and oxygen atoms in total. The number of nitrogens with zero attached hydrogens (tertiary/aromatic N) is 2. The van der Waals surface area contributed by atoms with Crippen LogP contribution >= 0.6 is 0 Å². The molecule has 0 radical (unpaired) electrons. The molecule has 3 fully saturated rings. The summed E-state index contributed by atoms with van der Waals surface area (Å²) >= 11 is 0. The minimum Gasteiger partial charge on any atom is -0.371 e. The lowest BCUT2D eigenvalue weighted by Gasteiger charge is -2.40. The number of benzene rings is 1. The lowest BCUT2D eigenvalue weighted by Crippen LogP contribution is -2.44. The van der Waals surface area contributed by atoms with Gasteiger partial charge in [-0.05, 0) is 56.5 Å². The standard InChI is InChI=1S/C21H29N3O2/c1-2-23-12-3-10-21(14-23)11-13-24(15-21)17-6-4-16(5-7-17)18-8-9-19(25)22-20(18)26/h4-7,18H,2-3,8-15H2,1H3,(H,22,25,26). The van der Waals surface area contributed by atoms with Crippen LogP contribution < -0.4 is 10.2 Å². The topological polar surface area (TPSA) is 52.6 Å². The summed E-state index contributed by atoms with van der Waals surface area (Å²) in [6.45, 7) is 8.16. The van der Waals surface area contributed by atoms with E-state index in [-0.39, 0.29) is 17.7 Å². The summed E-state index contributed by atoms with van der Waals surface area (Å²) in [5, 5.41) is 2.45. The van der Waals surface area contributed by atoms with Crippen molar-refractivity contribution in [3.8, 4) is 0 Å². The molecule has 0 bridgehead atoms. The number of anilines is 1. The lowest BCUT2D eigenvalue weighted by molar-refractivity contribution is -0.134. The third-order valence-electron chi connectivity index (χ3n) is 6.53. The maximum absolute atomic E-state index is 12.1. The summed E-state index contributed by atoms with van der Waals surface area (Å²) < 4.78 is 0. The smallest absolute Gasteiger partial charge is 0.234 e. The Morgan fingerprint density at radius 2 is 1.92 bits per heavy atom. The molecule has 1 aromatic carbocycles. The van der Waals surface area contributed by atoms with E-state index in [0.29, 0.717) is 18.3 Å². The van der Waals surface area contributed by atoms with Gasteiger partial charge in [0.2, 0.25) is 11.8 Å². The first-order valence-electron chi connectivity index (χ1n) is 9.99. The van der Waals surface area contributed by atoms with Gasteiger partial charge in [0, 0.05) is 37.2 Å². The number of carbonyl (C=O) groups is 2. The lowest BCUT2D eigenvalue weighted by atomic mass is 9.79. The van der Waals surface area contributed by atoms with Crippen molar-refractivity contribution in [2.24, 2.45) is 5.41 Å². The highest BCUT2D eigenvalue weighted by molar-refractivity contribution is 6.00. The van der Waals surface area contributed by atoms with Crippen molar-refractivity contribution in [2.75, 3.05) is 37.6 Å². The Hall–Kier alpha value is -1.88. The van der Waals surface area contributed by atoms with E-state index in [1.807, 2.05) is 0 Å². The van der Waals surface area contributed by atoms with E-state index in [2.05, 4.69) is 46.3 Å². The molecule has 4 rings (SSSR count). The number of hydrogen-bond acceptors (Lipinski definition) is 4. The Morgan fingerprint density at radius 1 is 1.12 bits per heavy atom. The second kappa shape index (κ2) is 7.03. The number of rotatable bonds is 3. The van der Waals surface area contributed by atoms with E-state index < -0.39 is 0 Å². The Balaban J connectivity index is 1.43. The van der Waals surface area contributed by atoms with Crippen molar-refractivity contribution in [2.45, 2.75) is 44.9 Å². The molecule has 5 heteroatoms. The van der Waals surface area contributed by atoms with Gasteiger partial charge in [0.15, 0.2) is 0 Å². The number of carbonyl (C=O) groups excluding carboxylic acids is 2. The molecule has 2 amide bonds. The Labute approximate surface area is 155 Å². The zero-order chi connectivity index (χ0) is 18.1. The van der Waals surface area contributed by atoms with Gasteiger partial charge in [0.25, 0.3) is 0 Å². The summed E-state index contributed by atoms with van der Waals surface area (Å²) in [5.41, 5.74) is 2.73. The highest BCUT2D eigenvalue weighted by Gasteiger charge is 2.41. The van der Waals surface area contributed by atoms with Gasteiger partial charge in [0.1, 0.15) is 0 Å². The number of piperidine rings is 2. The molecular weight excluding hydrogens is 326 g/mol. The van der Waals surface area contributed by atoms with E-state index in [4.69, 9.17) is 0 Å². The molecule has 26 heavy (non-hydrogen) atoms. The molecule has 1 aromatic rings. The summed E-state index contributed by atoms with van der Waals surface area (Å²) in [4.78, 5) is 28.5. The Kier molecular flexibility index (Phi) is 4.74. The van der Waals surface area contributed by atoms with E-state index in [1.165, 1.54) is 38.0 Å². The molecule has 0 aromatic heterocycles. The maximum atomic E-state index is 12.1. The molecule has 3 aliphatic rings. The van der Waals surface area contributed by atoms with Gasteiger partial charge in [-0.3, -0.25) is 14.9 Å². The fourth-order valence-corrected chi connectivity index (χ4v) is 5.00. The van der Waals surface area contributed by atoms with Crippen molar-refractivity contribution in [1.29, 1.82) is 0 Å². The molecule has 0 saturated carbocycles. The highest BCUT2D eigenvalue weighted by atomic mass is 16.2. The fourth-order valence-electron chi connectivity index (χ4n) is 5.00. The SMILES string of the molecule is CCN1CCCC2(CCN(c3ccc(C4CCC(=O)NC4=O)cc3)C2)C1. The largest absolute Gasteiger partial charge is 0.371 e. The van der Waals surface area contributed by atoms with E-state index in [9.17, 15) is 9.59 Å². The summed E-state index contributed by atoms with van der Waals surface area (Å²) in [6, 6.07) is 8.44. The first-order chi connectivity index (χ1) is 12.6. The molecule has 2 atom stereocenters. The average Bonchev–Trinajstić information content (AvgIpc) is 3.05. The van der Waals surface area contributed by atoms with Gasteiger partial charge in [-0.1, -0.05) is 19.1 Å². The zero-order valence-electron chi connectivity index (χ0n) is 15.7. The summed E-state index contributed by atoms with van der Waals surface area (Å²) in [6.07, 6.45) is 4.98. The first kappa shape index (κ1) is 17.5. The summed E-state index contributed by atoms with van der Waals surface area (Å²) in [7, 11) is 0. The number of hydrogen-bond donors (Lipinski definition) is 1. The van der Waals surface area contributed by atoms with Crippen LogP contribution in [0.5, 0.6) is 0 Å². The first-order valence-corrected chi connectivity index (χ1v) is 9.99. The van der Waals surface area contributed by atoms with Crippen LogP contribution in [0.2, 0.25) is 0 Å². The summed E-state index contributed by atoms with van der Waals surface area (Å²) in [5.74, 6) is -0.502. The van der Waals surface area contributed by atoms with Gasteiger partial charge in [-0.25, -0.2) is 0 Å². The molecule has 1 spiro atoms. The van der Waals surface area contributed by atoms with Crippen LogP contribution in [0.25, 0.3) is 0 Å². The number of likely N-dealkylation sites (tertiary alicyclic amines) is 1. The normalized spacial score (nSPS) is 30.0. The molecule has 2 unspecified atom stereocenters. The van der Waals surface area contributed by atoms with E-state index in [1.54, 1.807) is 0 Å². The second-order valence-electron chi connectivity index (χ2n) is 8.24. The minimum atomic E-state index is -0.192. The van der Waals surface area contributed by atoms with Gasteiger partial charge < -0.3 is 9.80 Å². The van der Waals surface area contributed by atoms with Gasteiger partial charge in [0.05, 0.1) is 5.92 Å². The highest BCUT2D eigenvalue weighted by Crippen LogP contribution is 2.40. The maximum Gasteiger partial charge on any atom is 0.234 e. The number of imide groups is 1. The monoisotopic (exact) mass is 355 g/mol. The molecule has 140 valence electrons. The third-order valence-corrected chi connectivity index (χ3v) is 6.53. The van der Waals surface area contributed by atoms with E-state index in [0.717, 1.165) is 25.2 Å². The van der Waals surface area contributed by atoms with E-state index >= 15 is 0 Å². The number of nitrogens with one attached hydrogen (secondary N) is 1. The van der Waals surface area contributed by atoms with Gasteiger partial charge in [-0.2, -0.15) is 0 Å². The van der Waals surface area contributed by atoms with Crippen molar-refractivity contribution < 1.29 is 9.59 Å². The number of amides is 2. The Morgan fingerprint density at radius 3 is 2.65 bits per heavy atom. The molecule has 3 saturated heterocycles. The van der Waals surface area contributed by atoms with Crippen LogP contribution in [0.4, 0.5) is 5.69 Å². The molecular formula is C21H29N3O2. The minimum absolute atomic E-state index is 0.154. The van der Waals surface area contributed by atoms with Crippen LogP contribution in [-0.4, -0.2) is 49.4 Å². The molecule has 3 heterocycles. The molecule has 0 aliphatic carbocycles. The molecule has 3 aliphatic heterocycles. The predicted molar refractivity (Wildman–Crippen MR) is 102 cm³/mol. The Bertz CT molecular complexity index is 687. The third kappa shape index (κ3) is 3.37. The zero-order valence-corrected chi connectivity index (χ0v) is 15.7. The predicted octanol–water partition coefficient (Wildman–Crippen LogP) is 2.52. The van der Waals surface area contributed by atoms with Crippen LogP contribution in [0.15, 0.2) is 24.3 Å².